The molecule has 0 spiro atoms. The molecule has 0 aromatic heterocycles. The summed E-state index contributed by atoms with van der Waals surface area (Å²) in [5.74, 6) is -0.252. The summed E-state index contributed by atoms with van der Waals surface area (Å²) in [5.41, 5.74) is 1.24. The van der Waals surface area contributed by atoms with Crippen molar-refractivity contribution in [3.8, 4) is 0 Å². The van der Waals surface area contributed by atoms with Crippen molar-refractivity contribution >= 4 is 23.1 Å². The first-order valence-corrected chi connectivity index (χ1v) is 6.42. The minimum Gasteiger partial charge on any atom is -0.356 e. The molecule has 0 unspecified atom stereocenters. The standard InChI is InChI=1S/C15H11ClN2O3/c16-13-7-3-1-5-11(13)15(19)12-6-2-4-8-14(12)17-9-10-18(20)21/h1-10,17H. The highest BCUT2D eigenvalue weighted by molar-refractivity contribution is 6.35. The molecule has 6 heteroatoms. The Morgan fingerprint density at radius 1 is 1.10 bits per heavy atom. The first-order chi connectivity index (χ1) is 10.1. The lowest BCUT2D eigenvalue weighted by Crippen LogP contribution is -2.05. The van der Waals surface area contributed by atoms with E-state index in [0.717, 1.165) is 6.20 Å². The van der Waals surface area contributed by atoms with Gasteiger partial charge in [-0.25, -0.2) is 0 Å². The Balaban J connectivity index is 2.34. The highest BCUT2D eigenvalue weighted by Crippen LogP contribution is 2.23. The molecule has 0 aliphatic heterocycles. The zero-order chi connectivity index (χ0) is 15.2. The molecule has 0 aliphatic rings. The number of hydrogen-bond donors (Lipinski definition) is 1. The van der Waals surface area contributed by atoms with Gasteiger partial charge in [0.05, 0.1) is 16.1 Å². The van der Waals surface area contributed by atoms with Crippen LogP contribution in [-0.4, -0.2) is 10.7 Å². The molecule has 0 saturated heterocycles. The van der Waals surface area contributed by atoms with Crippen LogP contribution in [0, 0.1) is 10.1 Å². The maximum absolute atomic E-state index is 12.5. The third-order valence-corrected chi connectivity index (χ3v) is 3.05. The zero-order valence-corrected chi connectivity index (χ0v) is 11.6. The molecule has 0 heterocycles. The molecule has 0 fully saturated rings. The van der Waals surface area contributed by atoms with Gasteiger partial charge in [0.15, 0.2) is 5.78 Å². The molecule has 0 radical (unpaired) electrons. The van der Waals surface area contributed by atoms with Crippen LogP contribution in [0.5, 0.6) is 0 Å². The van der Waals surface area contributed by atoms with Crippen LogP contribution >= 0.6 is 11.6 Å². The van der Waals surface area contributed by atoms with E-state index in [1.54, 1.807) is 48.5 Å². The van der Waals surface area contributed by atoms with Crippen molar-refractivity contribution in [1.82, 2.24) is 0 Å². The topological polar surface area (TPSA) is 72.2 Å². The van der Waals surface area contributed by atoms with Crippen molar-refractivity contribution in [2.45, 2.75) is 0 Å². The van der Waals surface area contributed by atoms with E-state index < -0.39 is 4.92 Å². The van der Waals surface area contributed by atoms with Crippen molar-refractivity contribution in [3.63, 3.8) is 0 Å². The van der Waals surface area contributed by atoms with Crippen molar-refractivity contribution in [3.05, 3.63) is 87.2 Å². The number of benzene rings is 2. The van der Waals surface area contributed by atoms with Crippen LogP contribution in [0.2, 0.25) is 5.02 Å². The Morgan fingerprint density at radius 2 is 1.71 bits per heavy atom. The quantitative estimate of drug-likeness (QED) is 0.519. The molecule has 5 nitrogen and oxygen atoms in total. The Hall–Kier alpha value is -2.66. The van der Waals surface area contributed by atoms with E-state index in [0.29, 0.717) is 21.8 Å². The van der Waals surface area contributed by atoms with Gasteiger partial charge < -0.3 is 5.32 Å². The average Bonchev–Trinajstić information content (AvgIpc) is 2.47. The van der Waals surface area contributed by atoms with E-state index in [1.165, 1.54) is 6.20 Å². The van der Waals surface area contributed by atoms with Gasteiger partial charge in [-0.05, 0) is 24.3 Å². The van der Waals surface area contributed by atoms with Crippen LogP contribution in [0.1, 0.15) is 15.9 Å². The highest BCUT2D eigenvalue weighted by Gasteiger charge is 2.15. The monoisotopic (exact) mass is 302 g/mol. The molecular formula is C15H11ClN2O3. The molecule has 1 N–H and O–H groups in total. The minimum atomic E-state index is -0.592. The number of nitrogens with zero attached hydrogens (tertiary/aromatic N) is 1. The fourth-order valence-corrected chi connectivity index (χ4v) is 2.01. The number of halogens is 1. The average molecular weight is 303 g/mol. The van der Waals surface area contributed by atoms with Crippen LogP contribution in [0.25, 0.3) is 0 Å². The van der Waals surface area contributed by atoms with Gasteiger partial charge in [0.25, 0.3) is 0 Å². The van der Waals surface area contributed by atoms with Gasteiger partial charge in [0.2, 0.25) is 6.20 Å². The normalized spacial score (nSPS) is 10.5. The number of nitro groups is 1. The van der Waals surface area contributed by atoms with Crippen molar-refractivity contribution in [2.24, 2.45) is 0 Å². The molecule has 106 valence electrons. The lowest BCUT2D eigenvalue weighted by atomic mass is 10.0. The molecule has 0 bridgehead atoms. The fraction of sp³-hybridized carbons (Fsp3) is 0. The summed E-state index contributed by atoms with van der Waals surface area (Å²) < 4.78 is 0. The Labute approximate surface area is 126 Å². The van der Waals surface area contributed by atoms with Gasteiger partial charge in [-0.3, -0.25) is 14.9 Å². The molecule has 0 amide bonds. The lowest BCUT2D eigenvalue weighted by molar-refractivity contribution is -0.402. The smallest absolute Gasteiger partial charge is 0.250 e. The van der Waals surface area contributed by atoms with Crippen LogP contribution < -0.4 is 5.32 Å². The molecule has 0 saturated carbocycles. The molecule has 2 rings (SSSR count). The fourth-order valence-electron chi connectivity index (χ4n) is 1.79. The van der Waals surface area contributed by atoms with Gasteiger partial charge in [0.1, 0.15) is 0 Å². The Morgan fingerprint density at radius 3 is 2.38 bits per heavy atom. The molecule has 0 aliphatic carbocycles. The number of hydrogen-bond acceptors (Lipinski definition) is 4. The number of ketones is 1. The van der Waals surface area contributed by atoms with Gasteiger partial charge in [-0.1, -0.05) is 35.9 Å². The van der Waals surface area contributed by atoms with Crippen molar-refractivity contribution < 1.29 is 9.72 Å². The number of para-hydroxylation sites is 1. The number of nitrogens with one attached hydrogen (secondary N) is 1. The second-order valence-corrected chi connectivity index (χ2v) is 4.51. The highest BCUT2D eigenvalue weighted by atomic mass is 35.5. The van der Waals surface area contributed by atoms with Crippen molar-refractivity contribution in [2.75, 3.05) is 5.32 Å². The summed E-state index contributed by atoms with van der Waals surface area (Å²) in [5, 5.41) is 13.4. The molecular weight excluding hydrogens is 292 g/mol. The maximum atomic E-state index is 12.5. The van der Waals surface area contributed by atoms with E-state index in [2.05, 4.69) is 5.32 Å². The summed E-state index contributed by atoms with van der Waals surface area (Å²) in [4.78, 5) is 22.2. The Kier molecular flexibility index (Phi) is 4.68. The first kappa shape index (κ1) is 14.7. The van der Waals surface area contributed by atoms with E-state index in [9.17, 15) is 14.9 Å². The van der Waals surface area contributed by atoms with E-state index in [1.807, 2.05) is 0 Å². The summed E-state index contributed by atoms with van der Waals surface area (Å²) in [6.07, 6.45) is 1.93. The lowest BCUT2D eigenvalue weighted by Gasteiger charge is -2.08. The van der Waals surface area contributed by atoms with Crippen LogP contribution in [0.15, 0.2) is 60.9 Å². The molecule has 0 atom stereocenters. The summed E-state index contributed by atoms with van der Waals surface area (Å²) in [6.45, 7) is 0. The molecule has 2 aromatic carbocycles. The van der Waals surface area contributed by atoms with E-state index in [-0.39, 0.29) is 5.78 Å². The largest absolute Gasteiger partial charge is 0.356 e. The molecule has 21 heavy (non-hydrogen) atoms. The van der Waals surface area contributed by atoms with Crippen LogP contribution in [-0.2, 0) is 0 Å². The molecule has 2 aromatic rings. The number of anilines is 1. The van der Waals surface area contributed by atoms with Gasteiger partial charge in [-0.15, -0.1) is 0 Å². The first-order valence-electron chi connectivity index (χ1n) is 6.04. The summed E-state index contributed by atoms with van der Waals surface area (Å²) >= 11 is 6.02. The van der Waals surface area contributed by atoms with E-state index >= 15 is 0 Å². The maximum Gasteiger partial charge on any atom is 0.250 e. The zero-order valence-electron chi connectivity index (χ0n) is 10.8. The predicted molar refractivity (Wildman–Crippen MR) is 81.1 cm³/mol. The summed E-state index contributed by atoms with van der Waals surface area (Å²) in [7, 11) is 0. The second kappa shape index (κ2) is 6.67. The third kappa shape index (κ3) is 3.67. The van der Waals surface area contributed by atoms with Crippen LogP contribution in [0.3, 0.4) is 0 Å². The SMILES string of the molecule is O=C(c1ccccc1Cl)c1ccccc1NC=C[N+](=O)[O-]. The number of carbonyl (C=O) groups is 1. The van der Waals surface area contributed by atoms with Gasteiger partial charge in [0, 0.05) is 16.8 Å². The van der Waals surface area contributed by atoms with Gasteiger partial charge >= 0.3 is 0 Å². The predicted octanol–water partition coefficient (Wildman–Crippen LogP) is 3.73. The number of rotatable bonds is 5. The third-order valence-electron chi connectivity index (χ3n) is 2.73. The Bertz CT molecular complexity index is 714. The summed E-state index contributed by atoms with van der Waals surface area (Å²) in [6, 6.07) is 13.5. The number of carbonyl (C=O) groups excluding carboxylic acids is 1. The van der Waals surface area contributed by atoms with Crippen LogP contribution in [0.4, 0.5) is 5.69 Å². The minimum absolute atomic E-state index is 0.252. The van der Waals surface area contributed by atoms with E-state index in [4.69, 9.17) is 11.6 Å². The van der Waals surface area contributed by atoms with Crippen molar-refractivity contribution in [1.29, 1.82) is 0 Å². The van der Waals surface area contributed by atoms with Gasteiger partial charge in [-0.2, -0.15) is 0 Å². The second-order valence-electron chi connectivity index (χ2n) is 4.10.